The van der Waals surface area contributed by atoms with Crippen molar-refractivity contribution in [3.63, 3.8) is 0 Å². The van der Waals surface area contributed by atoms with Gasteiger partial charge >= 0.3 is 6.03 Å². The van der Waals surface area contributed by atoms with Crippen molar-refractivity contribution < 1.29 is 28.8 Å². The lowest BCUT2D eigenvalue weighted by molar-refractivity contribution is -0.134. The highest BCUT2D eigenvalue weighted by molar-refractivity contribution is 8.14. The molecule has 3 aromatic rings. The normalized spacial score (nSPS) is 23.8. The Morgan fingerprint density at radius 2 is 1.63 bits per heavy atom. The lowest BCUT2D eigenvalue weighted by Crippen LogP contribution is -2.59. The van der Waals surface area contributed by atoms with E-state index in [1.807, 2.05) is 44.2 Å². The lowest BCUT2D eigenvalue weighted by Gasteiger charge is -2.28. The third kappa shape index (κ3) is 9.34. The lowest BCUT2D eigenvalue weighted by atomic mass is 9.98. The number of carbonyl (C=O) groups is 6. The van der Waals surface area contributed by atoms with Gasteiger partial charge < -0.3 is 32.0 Å². The van der Waals surface area contributed by atoms with Gasteiger partial charge in [-0.15, -0.1) is 11.8 Å². The molecule has 0 aliphatic carbocycles. The van der Waals surface area contributed by atoms with Gasteiger partial charge in [0, 0.05) is 41.3 Å². The minimum atomic E-state index is -1.26. The van der Waals surface area contributed by atoms with Gasteiger partial charge in [-0.1, -0.05) is 64.1 Å². The first-order valence-corrected chi connectivity index (χ1v) is 17.9. The SMILES string of the molecule is CC(C)C[C@@H]1NC(=O)C(C(C)C)NC(=O)[C@@H]2CSC(=N2)c2cccc(c2)C[C@@H](C(N)=O)NC(=O)NC(=O)[C@@H](Cc2c[nH]c3ccccc23)NC1=O. The van der Waals surface area contributed by atoms with Crippen LogP contribution in [0.2, 0.25) is 0 Å². The summed E-state index contributed by atoms with van der Waals surface area (Å²) >= 11 is 1.38. The number of H-pyrrole nitrogens is 1. The number of primary amides is 1. The number of nitrogens with two attached hydrogens (primary N) is 1. The van der Waals surface area contributed by atoms with Crippen LogP contribution in [0, 0.1) is 11.8 Å². The van der Waals surface area contributed by atoms with Crippen LogP contribution in [0.1, 0.15) is 50.8 Å². The average Bonchev–Trinajstić information content (AvgIpc) is 3.73. The van der Waals surface area contributed by atoms with Crippen LogP contribution >= 0.6 is 11.8 Å². The van der Waals surface area contributed by atoms with Crippen molar-refractivity contribution in [1.82, 2.24) is 31.6 Å². The van der Waals surface area contributed by atoms with Gasteiger partial charge in [0.25, 0.3) is 5.91 Å². The number of hydrogen-bond acceptors (Lipinski definition) is 8. The maximum absolute atomic E-state index is 13.9. The van der Waals surface area contributed by atoms with Crippen molar-refractivity contribution in [3.05, 3.63) is 71.4 Å². The largest absolute Gasteiger partial charge is 0.368 e. The van der Waals surface area contributed by atoms with Crippen LogP contribution in [0.3, 0.4) is 0 Å². The summed E-state index contributed by atoms with van der Waals surface area (Å²) in [5.74, 6) is -3.30. The summed E-state index contributed by atoms with van der Waals surface area (Å²) in [6.45, 7) is 7.36. The summed E-state index contributed by atoms with van der Waals surface area (Å²) in [4.78, 5) is 88.3. The predicted octanol–water partition coefficient (Wildman–Crippen LogP) is 1.66. The summed E-state index contributed by atoms with van der Waals surface area (Å²) in [6, 6.07) is 8.36. The van der Waals surface area contributed by atoms with Crippen LogP contribution in [0.5, 0.6) is 0 Å². The average molecular weight is 717 g/mol. The predicted molar refractivity (Wildman–Crippen MR) is 195 cm³/mol. The molecule has 4 bridgehead atoms. The second kappa shape index (κ2) is 16.2. The first-order chi connectivity index (χ1) is 24.3. The number of fused-ring (bicyclic) bond motifs is 5. The van der Waals surface area contributed by atoms with Gasteiger partial charge in [0.1, 0.15) is 30.2 Å². The quantitative estimate of drug-likeness (QED) is 0.200. The zero-order valence-electron chi connectivity index (χ0n) is 28.9. The molecule has 2 aromatic carbocycles. The fraction of sp³-hybridized carbons (Fsp3) is 0.417. The van der Waals surface area contributed by atoms with Crippen LogP contribution in [-0.4, -0.2) is 81.6 Å². The fourth-order valence-corrected chi connectivity index (χ4v) is 7.14. The molecule has 51 heavy (non-hydrogen) atoms. The number of aliphatic imine (C=N–C) groups is 1. The molecule has 8 N–H and O–H groups in total. The van der Waals surface area contributed by atoms with E-state index in [-0.39, 0.29) is 31.1 Å². The standard InChI is InChI=1S/C36H44N8O6S/c1-18(2)12-26-31(46)39-27(15-22-16-38-24-11-6-5-10-23(22)24)32(47)44-36(50)42-25(30(37)45)14-20-8-7-9-21(13-20)35-41-28(17-51-35)33(48)43-29(19(3)4)34(49)40-26/h5-11,13,16,18-19,25-29,38H,12,14-15,17H2,1-4H3,(H2,37,45)(H,39,46)(H,40,49)(H,43,48)(H2,42,44,47,50)/t25-,26-,27+,28-,29?/m0/s1. The third-order valence-corrected chi connectivity index (χ3v) is 9.87. The molecule has 5 rings (SSSR count). The molecule has 2 aliphatic heterocycles. The molecule has 0 radical (unpaired) electrons. The monoisotopic (exact) mass is 716 g/mol. The number of imide groups is 1. The Hall–Kier alpha value is -5.18. The highest BCUT2D eigenvalue weighted by Crippen LogP contribution is 2.25. The van der Waals surface area contributed by atoms with Gasteiger partial charge in [0.2, 0.25) is 23.6 Å². The summed E-state index contributed by atoms with van der Waals surface area (Å²) < 4.78 is 0. The van der Waals surface area contributed by atoms with Crippen molar-refractivity contribution in [1.29, 1.82) is 0 Å². The molecule has 7 amide bonds. The van der Waals surface area contributed by atoms with Crippen LogP contribution in [0.25, 0.3) is 10.9 Å². The Morgan fingerprint density at radius 1 is 0.882 bits per heavy atom. The summed E-state index contributed by atoms with van der Waals surface area (Å²) in [6.07, 6.45) is 1.96. The van der Waals surface area contributed by atoms with Crippen molar-refractivity contribution in [2.24, 2.45) is 22.6 Å². The van der Waals surface area contributed by atoms with Gasteiger partial charge in [0.05, 0.1) is 5.04 Å². The van der Waals surface area contributed by atoms with Gasteiger partial charge in [0.15, 0.2) is 0 Å². The minimum absolute atomic E-state index is 0.00430. The minimum Gasteiger partial charge on any atom is -0.368 e. The number of benzene rings is 2. The topological polar surface area (TPSA) is 217 Å². The number of thioether (sulfide) groups is 1. The summed E-state index contributed by atoms with van der Waals surface area (Å²) in [7, 11) is 0. The fourth-order valence-electron chi connectivity index (χ4n) is 6.10. The molecule has 1 aromatic heterocycles. The van der Waals surface area contributed by atoms with Gasteiger partial charge in [-0.25, -0.2) is 4.79 Å². The molecule has 0 spiro atoms. The van der Waals surface area contributed by atoms with Gasteiger partial charge in [-0.3, -0.25) is 34.3 Å². The Morgan fingerprint density at radius 3 is 2.35 bits per heavy atom. The molecule has 0 saturated carbocycles. The highest BCUT2D eigenvalue weighted by Gasteiger charge is 2.35. The smallest absolute Gasteiger partial charge is 0.322 e. The Bertz CT molecular complexity index is 1860. The number of urea groups is 1. The van der Waals surface area contributed by atoms with Crippen molar-refractivity contribution in [2.45, 2.75) is 77.2 Å². The number of para-hydroxylation sites is 1. The van der Waals surface area contributed by atoms with E-state index in [1.165, 1.54) is 11.8 Å². The number of amides is 7. The Kier molecular flexibility index (Phi) is 11.8. The molecular weight excluding hydrogens is 673 g/mol. The van der Waals surface area contributed by atoms with E-state index in [0.29, 0.717) is 27.5 Å². The van der Waals surface area contributed by atoms with Gasteiger partial charge in [-0.2, -0.15) is 0 Å². The highest BCUT2D eigenvalue weighted by atomic mass is 32.2. The van der Waals surface area contributed by atoms with E-state index >= 15 is 0 Å². The Labute approximate surface area is 299 Å². The first kappa shape index (κ1) is 37.1. The third-order valence-electron chi connectivity index (χ3n) is 8.77. The molecule has 5 atom stereocenters. The van der Waals surface area contributed by atoms with E-state index in [1.54, 1.807) is 38.2 Å². The maximum Gasteiger partial charge on any atom is 0.322 e. The molecule has 0 fully saturated rings. The molecule has 15 heteroatoms. The number of nitrogens with one attached hydrogen (secondary N) is 6. The van der Waals surface area contributed by atoms with Crippen LogP contribution in [-0.2, 0) is 36.8 Å². The molecule has 0 saturated heterocycles. The van der Waals surface area contributed by atoms with Crippen LogP contribution < -0.4 is 32.3 Å². The second-order valence-electron chi connectivity index (χ2n) is 13.6. The molecule has 14 nitrogen and oxygen atoms in total. The van der Waals surface area contributed by atoms with E-state index in [4.69, 9.17) is 5.73 Å². The van der Waals surface area contributed by atoms with E-state index in [9.17, 15) is 28.8 Å². The van der Waals surface area contributed by atoms with E-state index in [0.717, 1.165) is 10.9 Å². The summed E-state index contributed by atoms with van der Waals surface area (Å²) in [5, 5.41) is 14.6. The second-order valence-corrected chi connectivity index (χ2v) is 14.6. The number of aromatic nitrogens is 1. The maximum atomic E-state index is 13.9. The Balaban J connectivity index is 1.51. The molecule has 270 valence electrons. The molecule has 2 aliphatic rings. The van der Waals surface area contributed by atoms with Crippen molar-refractivity contribution in [3.8, 4) is 0 Å². The zero-order valence-corrected chi connectivity index (χ0v) is 29.8. The zero-order chi connectivity index (χ0) is 36.8. The molecule has 3 heterocycles. The van der Waals surface area contributed by atoms with Gasteiger partial charge in [-0.05, 0) is 41.5 Å². The summed E-state index contributed by atoms with van der Waals surface area (Å²) in [5.41, 5.74) is 8.55. The van der Waals surface area contributed by atoms with Crippen molar-refractivity contribution in [2.75, 3.05) is 5.75 Å². The number of carbonyl (C=O) groups excluding carboxylic acids is 6. The van der Waals surface area contributed by atoms with E-state index < -0.39 is 65.8 Å². The number of hydrogen-bond donors (Lipinski definition) is 7. The van der Waals surface area contributed by atoms with E-state index in [2.05, 4.69) is 36.6 Å². The van der Waals surface area contributed by atoms with Crippen LogP contribution in [0.4, 0.5) is 4.79 Å². The van der Waals surface area contributed by atoms with Crippen LogP contribution in [0.15, 0.2) is 59.7 Å². The molecule has 1 unspecified atom stereocenters. The molecular formula is C36H44N8O6S. The van der Waals surface area contributed by atoms with Crippen molar-refractivity contribution >= 4 is 63.3 Å². The first-order valence-electron chi connectivity index (χ1n) is 17.0. The number of rotatable bonds is 6. The number of nitrogens with zero attached hydrogens (tertiary/aromatic N) is 1. The number of aromatic amines is 1.